The maximum absolute atomic E-state index is 12.3. The Hall–Kier alpha value is -0.620. The van der Waals surface area contributed by atoms with Gasteiger partial charge in [-0.3, -0.25) is 4.90 Å². The molecule has 2 nitrogen and oxygen atoms in total. The van der Waals surface area contributed by atoms with E-state index in [1.54, 1.807) is 4.90 Å². The second kappa shape index (κ2) is 5.46. The van der Waals surface area contributed by atoms with Crippen molar-refractivity contribution in [2.45, 2.75) is 6.18 Å². The van der Waals surface area contributed by atoms with E-state index < -0.39 is 12.9 Å². The predicted octanol–water partition coefficient (Wildman–Crippen LogP) is 1.78. The Morgan fingerprint density at radius 3 is 2.33 bits per heavy atom. The van der Waals surface area contributed by atoms with E-state index in [0.717, 1.165) is 0 Å². The smallest absolute Gasteiger partial charge is 0.379 e. The van der Waals surface area contributed by atoms with Crippen LogP contribution in [0.2, 0.25) is 0 Å². The van der Waals surface area contributed by atoms with Gasteiger partial charge < -0.3 is 4.74 Å². The largest absolute Gasteiger partial charge is 0.409 e. The van der Waals surface area contributed by atoms with Crippen LogP contribution in [0.5, 0.6) is 0 Å². The summed E-state index contributed by atoms with van der Waals surface area (Å²) in [4.78, 5) is 1.75. The zero-order valence-corrected chi connectivity index (χ0v) is 8.19. The van der Waals surface area contributed by atoms with Crippen LogP contribution in [-0.4, -0.2) is 50.6 Å². The van der Waals surface area contributed by atoms with Gasteiger partial charge in [-0.1, -0.05) is 0 Å². The third-order valence-corrected chi connectivity index (χ3v) is 2.07. The summed E-state index contributed by atoms with van der Waals surface area (Å²) in [7, 11) is 0. The van der Waals surface area contributed by atoms with Crippen LogP contribution in [0.3, 0.4) is 0 Å². The lowest BCUT2D eigenvalue weighted by molar-refractivity contribution is -0.0810. The van der Waals surface area contributed by atoms with Crippen LogP contribution in [0.4, 0.5) is 17.6 Å². The van der Waals surface area contributed by atoms with E-state index in [-0.39, 0.29) is 18.2 Å². The minimum Gasteiger partial charge on any atom is -0.379 e. The fourth-order valence-corrected chi connectivity index (χ4v) is 1.40. The highest BCUT2D eigenvalue weighted by Gasteiger charge is 2.25. The molecular weight excluding hydrogens is 214 g/mol. The SMILES string of the molecule is FC/C(=C\C(F)(F)F)CN1CCOCC1. The van der Waals surface area contributed by atoms with Gasteiger partial charge in [0, 0.05) is 25.7 Å². The van der Waals surface area contributed by atoms with Crippen molar-refractivity contribution in [3.05, 3.63) is 11.6 Å². The second-order valence-corrected chi connectivity index (χ2v) is 3.37. The molecule has 0 saturated carbocycles. The molecule has 6 heteroatoms. The Labute approximate surface area is 85.5 Å². The summed E-state index contributed by atoms with van der Waals surface area (Å²) in [6.07, 6.45) is -4.39. The summed E-state index contributed by atoms with van der Waals surface area (Å²) in [6, 6.07) is 0. The van der Waals surface area contributed by atoms with E-state index in [4.69, 9.17) is 4.74 Å². The molecule has 0 amide bonds. The summed E-state index contributed by atoms with van der Waals surface area (Å²) >= 11 is 0. The van der Waals surface area contributed by atoms with Crippen LogP contribution in [-0.2, 0) is 4.74 Å². The van der Waals surface area contributed by atoms with Crippen LogP contribution in [0.15, 0.2) is 11.6 Å². The highest BCUT2D eigenvalue weighted by atomic mass is 19.4. The third-order valence-electron chi connectivity index (χ3n) is 2.07. The van der Waals surface area contributed by atoms with Crippen LogP contribution in [0.25, 0.3) is 0 Å². The highest BCUT2D eigenvalue weighted by Crippen LogP contribution is 2.19. The molecule has 0 aromatic rings. The number of allylic oxidation sites excluding steroid dienone is 1. The Balaban J connectivity index is 2.48. The summed E-state index contributed by atoms with van der Waals surface area (Å²) in [6.45, 7) is 1.05. The van der Waals surface area contributed by atoms with Crippen molar-refractivity contribution in [3.63, 3.8) is 0 Å². The van der Waals surface area contributed by atoms with Crippen molar-refractivity contribution < 1.29 is 22.3 Å². The summed E-state index contributed by atoms with van der Waals surface area (Å²) in [5, 5.41) is 0. The molecule has 0 atom stereocenters. The number of hydrogen-bond acceptors (Lipinski definition) is 2. The van der Waals surface area contributed by atoms with Gasteiger partial charge in [0.05, 0.1) is 13.2 Å². The van der Waals surface area contributed by atoms with Gasteiger partial charge in [-0.2, -0.15) is 13.2 Å². The zero-order valence-electron chi connectivity index (χ0n) is 8.19. The number of rotatable bonds is 3. The first kappa shape index (κ1) is 12.4. The average Bonchev–Trinajstić information content (AvgIpc) is 2.16. The normalized spacial score (nSPS) is 20.7. The molecule has 0 aromatic carbocycles. The Morgan fingerprint density at radius 2 is 1.87 bits per heavy atom. The van der Waals surface area contributed by atoms with Gasteiger partial charge in [0.15, 0.2) is 0 Å². The van der Waals surface area contributed by atoms with Gasteiger partial charge in [0.1, 0.15) is 6.67 Å². The van der Waals surface area contributed by atoms with Gasteiger partial charge >= 0.3 is 6.18 Å². The van der Waals surface area contributed by atoms with E-state index >= 15 is 0 Å². The Bertz CT molecular complexity index is 221. The standard InChI is InChI=1S/C9H13F4NO/c10-6-8(5-9(11,12)13)7-14-1-3-15-4-2-14/h5H,1-4,6-7H2/b8-5+. The minimum atomic E-state index is -4.44. The second-order valence-electron chi connectivity index (χ2n) is 3.37. The monoisotopic (exact) mass is 227 g/mol. The number of halogens is 4. The first-order valence-electron chi connectivity index (χ1n) is 4.64. The Morgan fingerprint density at radius 1 is 1.27 bits per heavy atom. The molecule has 0 radical (unpaired) electrons. The van der Waals surface area contributed by atoms with Gasteiger partial charge in [0.2, 0.25) is 0 Å². The third kappa shape index (κ3) is 5.13. The van der Waals surface area contributed by atoms with Crippen molar-refractivity contribution in [2.75, 3.05) is 39.5 Å². The maximum atomic E-state index is 12.3. The fourth-order valence-electron chi connectivity index (χ4n) is 1.40. The van der Waals surface area contributed by atoms with Crippen molar-refractivity contribution in [3.8, 4) is 0 Å². The molecule has 88 valence electrons. The van der Waals surface area contributed by atoms with Crippen molar-refractivity contribution in [1.82, 2.24) is 4.90 Å². The lowest BCUT2D eigenvalue weighted by Crippen LogP contribution is -2.37. The molecule has 0 unspecified atom stereocenters. The molecule has 1 rings (SSSR count). The summed E-state index contributed by atoms with van der Waals surface area (Å²) in [5.74, 6) is 0. The summed E-state index contributed by atoms with van der Waals surface area (Å²) < 4.78 is 53.2. The lowest BCUT2D eigenvalue weighted by atomic mass is 10.2. The maximum Gasteiger partial charge on any atom is 0.409 e. The molecule has 0 N–H and O–H groups in total. The van der Waals surface area contributed by atoms with Crippen molar-refractivity contribution in [2.24, 2.45) is 0 Å². The molecule has 1 saturated heterocycles. The molecule has 1 aliphatic rings. The van der Waals surface area contributed by atoms with Crippen molar-refractivity contribution in [1.29, 1.82) is 0 Å². The van der Waals surface area contributed by atoms with E-state index in [1.807, 2.05) is 0 Å². The Kier molecular flexibility index (Phi) is 4.53. The predicted molar refractivity (Wildman–Crippen MR) is 47.4 cm³/mol. The number of ether oxygens (including phenoxy) is 1. The molecule has 1 fully saturated rings. The number of morpholine rings is 1. The fraction of sp³-hybridized carbons (Fsp3) is 0.778. The number of alkyl halides is 4. The molecular formula is C9H13F4NO. The van der Waals surface area contributed by atoms with Crippen LogP contribution in [0.1, 0.15) is 0 Å². The van der Waals surface area contributed by atoms with Crippen LogP contribution >= 0.6 is 0 Å². The molecule has 15 heavy (non-hydrogen) atoms. The minimum absolute atomic E-state index is 0.0272. The summed E-state index contributed by atoms with van der Waals surface area (Å²) in [5.41, 5.74) is -0.232. The lowest BCUT2D eigenvalue weighted by Gasteiger charge is -2.27. The molecule has 0 aromatic heterocycles. The van der Waals surface area contributed by atoms with Gasteiger partial charge in [-0.05, 0) is 5.57 Å². The molecule has 1 aliphatic heterocycles. The molecule has 0 spiro atoms. The topological polar surface area (TPSA) is 12.5 Å². The molecule has 0 bridgehead atoms. The zero-order chi connectivity index (χ0) is 11.3. The first-order valence-corrected chi connectivity index (χ1v) is 4.64. The van der Waals surface area contributed by atoms with E-state index in [0.29, 0.717) is 26.3 Å². The van der Waals surface area contributed by atoms with E-state index in [2.05, 4.69) is 0 Å². The quantitative estimate of drug-likeness (QED) is 0.538. The van der Waals surface area contributed by atoms with Crippen LogP contribution < -0.4 is 0 Å². The number of hydrogen-bond donors (Lipinski definition) is 0. The molecule has 1 heterocycles. The van der Waals surface area contributed by atoms with E-state index in [1.165, 1.54) is 0 Å². The van der Waals surface area contributed by atoms with Gasteiger partial charge in [0.25, 0.3) is 0 Å². The van der Waals surface area contributed by atoms with Crippen molar-refractivity contribution >= 4 is 0 Å². The van der Waals surface area contributed by atoms with Gasteiger partial charge in [-0.25, -0.2) is 4.39 Å². The van der Waals surface area contributed by atoms with Crippen LogP contribution in [0, 0.1) is 0 Å². The first-order chi connectivity index (χ1) is 7.01. The molecule has 0 aliphatic carbocycles. The van der Waals surface area contributed by atoms with E-state index in [9.17, 15) is 17.6 Å². The average molecular weight is 227 g/mol. The highest BCUT2D eigenvalue weighted by molar-refractivity contribution is 5.08. The van der Waals surface area contributed by atoms with Gasteiger partial charge in [-0.15, -0.1) is 0 Å². The number of nitrogens with zero attached hydrogens (tertiary/aromatic N) is 1.